The molecular weight excluding hydrogens is 206 g/mol. The number of carbonyl (C=O) groups excluding carboxylic acids is 1. The molecule has 0 radical (unpaired) electrons. The van der Waals surface area contributed by atoms with Crippen molar-refractivity contribution >= 4 is 15.7 Å². The minimum Gasteiger partial charge on any atom is -0.391 e. The second kappa shape index (κ2) is 6.50. The fourth-order valence-electron chi connectivity index (χ4n) is 0.673. The molecule has 15 heavy (non-hydrogen) atoms. The molecule has 0 aliphatic carbocycles. The van der Waals surface area contributed by atoms with E-state index in [1.807, 2.05) is 51.5 Å². The Morgan fingerprint density at radius 3 is 1.80 bits per heavy atom. The van der Waals surface area contributed by atoms with Crippen molar-refractivity contribution < 1.29 is 13.7 Å². The maximum absolute atomic E-state index is 10.6. The van der Waals surface area contributed by atoms with Crippen molar-refractivity contribution in [1.29, 1.82) is 0 Å². The van der Waals surface area contributed by atoms with Gasteiger partial charge in [0.25, 0.3) is 0 Å². The Morgan fingerprint density at radius 1 is 1.20 bits per heavy atom. The first kappa shape index (κ1) is 14.0. The van der Waals surface area contributed by atoms with Gasteiger partial charge in [-0.2, -0.15) is 0 Å². The van der Waals surface area contributed by atoms with Crippen molar-refractivity contribution in [3.8, 4) is 0 Å². The molecule has 1 rings (SSSR count). The summed E-state index contributed by atoms with van der Waals surface area (Å²) in [5, 5.41) is 0. The van der Waals surface area contributed by atoms with Gasteiger partial charge in [0, 0.05) is 5.56 Å². The van der Waals surface area contributed by atoms with E-state index in [0.29, 0.717) is 0 Å². The van der Waals surface area contributed by atoms with Crippen LogP contribution in [-0.4, -0.2) is 45.8 Å². The highest BCUT2D eigenvalue weighted by atomic mass is 28.2. The molecule has 0 amide bonds. The molecule has 0 heterocycles. The first-order valence-electron chi connectivity index (χ1n) is 4.84. The quantitative estimate of drug-likeness (QED) is 0.591. The summed E-state index contributed by atoms with van der Waals surface area (Å²) < 4.78 is 0.764. The number of hydrogen-bond acceptors (Lipinski definition) is 2. The van der Waals surface area contributed by atoms with Crippen molar-refractivity contribution in [3.63, 3.8) is 0 Å². The van der Waals surface area contributed by atoms with Crippen molar-refractivity contribution in [2.24, 2.45) is 0 Å². The van der Waals surface area contributed by atoms with Gasteiger partial charge in [-0.15, -0.1) is 0 Å². The van der Waals surface area contributed by atoms with E-state index in [4.69, 9.17) is 4.80 Å². The molecule has 0 spiro atoms. The first-order valence-corrected chi connectivity index (χ1v) is 6.10. The van der Waals surface area contributed by atoms with Crippen molar-refractivity contribution in [3.05, 3.63) is 35.9 Å². The van der Waals surface area contributed by atoms with Gasteiger partial charge in [0.1, 0.15) is 0 Å². The molecular formula is C11H20NO2Si+. The van der Waals surface area contributed by atoms with Crippen LogP contribution in [0.4, 0.5) is 0 Å². The average Bonchev–Trinajstić information content (AvgIpc) is 2.19. The monoisotopic (exact) mass is 226 g/mol. The van der Waals surface area contributed by atoms with Crippen LogP contribution in [0.25, 0.3) is 0 Å². The summed E-state index contributed by atoms with van der Waals surface area (Å²) in [6, 6.07) is 9.23. The molecule has 0 saturated heterocycles. The number of Topliss-reactive ketones (excluding diaryl/α,β-unsaturated/α-hetero) is 1. The van der Waals surface area contributed by atoms with E-state index in [9.17, 15) is 4.79 Å². The molecule has 0 bridgehead atoms. The molecule has 1 N–H and O–H groups in total. The molecule has 0 fully saturated rings. The van der Waals surface area contributed by atoms with Crippen molar-refractivity contribution in [1.82, 2.24) is 0 Å². The van der Waals surface area contributed by atoms with Crippen molar-refractivity contribution in [2.45, 2.75) is 6.92 Å². The van der Waals surface area contributed by atoms with Gasteiger partial charge in [0.15, 0.2) is 5.78 Å². The summed E-state index contributed by atoms with van der Waals surface area (Å²) in [5.41, 5.74) is 0.775. The predicted octanol–water partition coefficient (Wildman–Crippen LogP) is 0.573. The minimum atomic E-state index is -0.810. The summed E-state index contributed by atoms with van der Waals surface area (Å²) in [7, 11) is 5.17. The fourth-order valence-corrected chi connectivity index (χ4v) is 0.673. The Balaban J connectivity index is 0.000000288. The summed E-state index contributed by atoms with van der Waals surface area (Å²) in [4.78, 5) is 19.2. The third kappa shape index (κ3) is 8.05. The van der Waals surface area contributed by atoms with Gasteiger partial charge in [0.2, 0.25) is 0 Å². The number of ketones is 1. The number of carbonyl (C=O) groups is 1. The highest BCUT2D eigenvalue weighted by Gasteiger charge is 2.01. The Hall–Kier alpha value is -0.973. The maximum Gasteiger partial charge on any atom is 0.402 e. The lowest BCUT2D eigenvalue weighted by molar-refractivity contribution is -0.762. The van der Waals surface area contributed by atoms with Crippen LogP contribution in [0.15, 0.2) is 30.3 Å². The fraction of sp³-hybridized carbons (Fsp3) is 0.364. The van der Waals surface area contributed by atoms with Crippen LogP contribution in [-0.2, 0) is 0 Å². The maximum atomic E-state index is 10.6. The van der Waals surface area contributed by atoms with Gasteiger partial charge in [-0.05, 0) is 6.92 Å². The standard InChI is InChI=1S/C8H8O.C3H12NOSi/c1-7(9)8-5-3-2-4-6-8;1-4(2,3)6-5/h2-6H,1H3;5H,6H2,1-3H3/q;+1. The van der Waals surface area contributed by atoms with Gasteiger partial charge >= 0.3 is 9.92 Å². The second-order valence-electron chi connectivity index (χ2n) is 4.35. The molecule has 0 atom stereocenters. The average molecular weight is 226 g/mol. The minimum absolute atomic E-state index is 0.121. The van der Waals surface area contributed by atoms with Gasteiger partial charge in [-0.25, -0.2) is 0 Å². The SMILES string of the molecule is CC(=O)c1ccccc1.C[N+](C)(C)[SiH2]O. The second-order valence-corrected chi connectivity index (χ2v) is 6.53. The number of hydrogen-bond donors (Lipinski definition) is 1. The van der Waals surface area contributed by atoms with E-state index in [1.165, 1.54) is 0 Å². The third-order valence-electron chi connectivity index (χ3n) is 1.60. The summed E-state index contributed by atoms with van der Waals surface area (Å²) in [6.07, 6.45) is 0. The van der Waals surface area contributed by atoms with Crippen LogP contribution >= 0.6 is 0 Å². The number of benzene rings is 1. The Kier molecular flexibility index (Phi) is 6.08. The van der Waals surface area contributed by atoms with Crippen LogP contribution in [0.3, 0.4) is 0 Å². The molecule has 84 valence electrons. The number of nitrogens with zero attached hydrogens (tertiary/aromatic N) is 1. The molecule has 3 nitrogen and oxygen atoms in total. The zero-order chi connectivity index (χ0) is 11.9. The van der Waals surface area contributed by atoms with Crippen molar-refractivity contribution in [2.75, 3.05) is 21.1 Å². The lowest BCUT2D eigenvalue weighted by Crippen LogP contribution is -2.38. The van der Waals surface area contributed by atoms with Crippen LogP contribution in [0.2, 0.25) is 0 Å². The van der Waals surface area contributed by atoms with E-state index >= 15 is 0 Å². The van der Waals surface area contributed by atoms with Gasteiger partial charge in [0.05, 0.1) is 21.1 Å². The molecule has 1 aromatic carbocycles. The van der Waals surface area contributed by atoms with Crippen LogP contribution in [0.5, 0.6) is 0 Å². The third-order valence-corrected chi connectivity index (χ3v) is 2.45. The smallest absolute Gasteiger partial charge is 0.391 e. The summed E-state index contributed by atoms with van der Waals surface area (Å²) >= 11 is 0. The van der Waals surface area contributed by atoms with E-state index < -0.39 is 9.92 Å². The lowest BCUT2D eigenvalue weighted by atomic mass is 10.2. The molecule has 0 aliphatic heterocycles. The highest BCUT2D eigenvalue weighted by molar-refractivity contribution is 6.14. The summed E-state index contributed by atoms with van der Waals surface area (Å²) in [5.74, 6) is 0.121. The van der Waals surface area contributed by atoms with Crippen LogP contribution in [0.1, 0.15) is 17.3 Å². The molecule has 0 saturated carbocycles. The molecule has 1 aromatic rings. The van der Waals surface area contributed by atoms with E-state index in [1.54, 1.807) is 6.92 Å². The van der Waals surface area contributed by atoms with Crippen LogP contribution < -0.4 is 0 Å². The van der Waals surface area contributed by atoms with Gasteiger partial charge < -0.3 is 8.94 Å². The first-order chi connectivity index (χ1) is 6.87. The van der Waals surface area contributed by atoms with E-state index in [2.05, 4.69) is 0 Å². The zero-order valence-corrected chi connectivity index (χ0v) is 11.3. The normalized spacial score (nSPS) is 11.0. The predicted molar refractivity (Wildman–Crippen MR) is 65.2 cm³/mol. The number of rotatable bonds is 2. The Bertz CT molecular complexity index is 293. The largest absolute Gasteiger partial charge is 0.402 e. The summed E-state index contributed by atoms with van der Waals surface area (Å²) in [6.45, 7) is 1.56. The van der Waals surface area contributed by atoms with E-state index in [-0.39, 0.29) is 5.78 Å². The highest BCUT2D eigenvalue weighted by Crippen LogP contribution is 1.97. The van der Waals surface area contributed by atoms with Gasteiger partial charge in [-0.3, -0.25) is 4.79 Å². The number of quaternary nitrogens is 1. The van der Waals surface area contributed by atoms with Gasteiger partial charge in [-0.1, -0.05) is 30.3 Å². The molecule has 0 aromatic heterocycles. The lowest BCUT2D eigenvalue weighted by Gasteiger charge is -2.20. The topological polar surface area (TPSA) is 37.3 Å². The van der Waals surface area contributed by atoms with Crippen LogP contribution in [0, 0.1) is 0 Å². The molecule has 4 heteroatoms. The Morgan fingerprint density at radius 2 is 1.60 bits per heavy atom. The molecule has 0 unspecified atom stereocenters. The molecule has 0 aliphatic rings. The zero-order valence-electron chi connectivity index (χ0n) is 9.90. The Labute approximate surface area is 94.0 Å². The van der Waals surface area contributed by atoms with E-state index in [0.717, 1.165) is 9.71 Å².